The van der Waals surface area contributed by atoms with Gasteiger partial charge in [0.05, 0.1) is 0 Å². The van der Waals surface area contributed by atoms with E-state index in [4.69, 9.17) is 0 Å². The molecule has 2 unspecified atom stereocenters. The van der Waals surface area contributed by atoms with Crippen molar-refractivity contribution >= 4 is 28.6 Å². The smallest absolute Gasteiger partial charge is 0.0432 e. The van der Waals surface area contributed by atoms with Gasteiger partial charge in [0.15, 0.2) is 0 Å². The summed E-state index contributed by atoms with van der Waals surface area (Å²) in [6.45, 7) is 1.02. The highest BCUT2D eigenvalue weighted by Gasteiger charge is 2.39. The van der Waals surface area contributed by atoms with Crippen molar-refractivity contribution in [1.82, 2.24) is 0 Å². The molecule has 4 aromatic rings. The van der Waals surface area contributed by atoms with E-state index in [0.717, 1.165) is 6.54 Å². The molecule has 0 amide bonds. The Morgan fingerprint density at radius 2 is 1.41 bits per heavy atom. The van der Waals surface area contributed by atoms with Crippen molar-refractivity contribution in [2.45, 2.75) is 44.2 Å². The summed E-state index contributed by atoms with van der Waals surface area (Å²) in [5.74, 6) is 0.677. The number of hydrogen-bond donors (Lipinski definition) is 0. The minimum atomic E-state index is 0.652. The molecule has 1 nitrogen and oxygen atoms in total. The van der Waals surface area contributed by atoms with Gasteiger partial charge in [0.1, 0.15) is 0 Å². The minimum Gasteiger partial charge on any atom is -0.363 e. The summed E-state index contributed by atoms with van der Waals surface area (Å²) in [4.78, 5) is 2.69. The van der Waals surface area contributed by atoms with Gasteiger partial charge in [-0.15, -0.1) is 0 Å². The average molecular weight is 416 g/mol. The Kier molecular flexibility index (Phi) is 5.03. The van der Waals surface area contributed by atoms with E-state index in [1.54, 1.807) is 5.56 Å². The fourth-order valence-corrected chi connectivity index (χ4v) is 5.75. The molecule has 6 rings (SSSR count). The third kappa shape index (κ3) is 3.62. The first kappa shape index (κ1) is 19.4. The fraction of sp³-hybridized carbons (Fsp3) is 0.226. The van der Waals surface area contributed by atoms with E-state index in [2.05, 4.69) is 108 Å². The van der Waals surface area contributed by atoms with Crippen LogP contribution >= 0.6 is 0 Å². The van der Waals surface area contributed by atoms with E-state index >= 15 is 0 Å². The topological polar surface area (TPSA) is 3.24 Å². The van der Waals surface area contributed by atoms with Crippen LogP contribution in [0.3, 0.4) is 0 Å². The van der Waals surface area contributed by atoms with Crippen LogP contribution < -0.4 is 4.90 Å². The first-order chi connectivity index (χ1) is 15.8. The van der Waals surface area contributed by atoms with Crippen LogP contribution in [0.1, 0.15) is 53.9 Å². The number of anilines is 1. The van der Waals surface area contributed by atoms with E-state index in [1.807, 2.05) is 0 Å². The van der Waals surface area contributed by atoms with Crippen LogP contribution in [-0.4, -0.2) is 6.04 Å². The maximum Gasteiger partial charge on any atom is 0.0432 e. The van der Waals surface area contributed by atoms with Crippen LogP contribution in [-0.2, 0) is 6.54 Å². The van der Waals surface area contributed by atoms with E-state index < -0.39 is 0 Å². The van der Waals surface area contributed by atoms with Gasteiger partial charge in [-0.3, -0.25) is 0 Å². The lowest BCUT2D eigenvalue weighted by Gasteiger charge is -2.33. The summed E-state index contributed by atoms with van der Waals surface area (Å²) in [6.07, 6.45) is 9.88. The highest BCUT2D eigenvalue weighted by molar-refractivity contribution is 5.86. The van der Waals surface area contributed by atoms with Crippen LogP contribution in [0.5, 0.6) is 0 Å². The van der Waals surface area contributed by atoms with Crippen LogP contribution in [0.4, 0.5) is 5.69 Å². The van der Waals surface area contributed by atoms with E-state index in [1.165, 1.54) is 58.8 Å². The summed E-state index contributed by atoms with van der Waals surface area (Å²) in [6, 6.07) is 34.0. The van der Waals surface area contributed by atoms with Crippen molar-refractivity contribution in [2.24, 2.45) is 0 Å². The summed E-state index contributed by atoms with van der Waals surface area (Å²) >= 11 is 0. The SMILES string of the molecule is C(=C/c1ccc2ccccc2c1)/c1ccc2c(c1)C1CCCCC1N2Cc1ccccc1. The van der Waals surface area contributed by atoms with Gasteiger partial charge in [-0.05, 0) is 64.1 Å². The molecule has 0 aromatic heterocycles. The lowest BCUT2D eigenvalue weighted by Crippen LogP contribution is -2.35. The predicted molar refractivity (Wildman–Crippen MR) is 137 cm³/mol. The normalized spacial score (nSPS) is 19.9. The molecule has 1 heteroatoms. The second-order valence-corrected chi connectivity index (χ2v) is 9.33. The van der Waals surface area contributed by atoms with Gasteiger partial charge in [0, 0.05) is 24.2 Å². The molecular weight excluding hydrogens is 386 g/mol. The predicted octanol–water partition coefficient (Wildman–Crippen LogP) is 8.06. The van der Waals surface area contributed by atoms with Crippen LogP contribution in [0, 0.1) is 0 Å². The Balaban J connectivity index is 1.30. The Morgan fingerprint density at radius 3 is 2.28 bits per heavy atom. The van der Waals surface area contributed by atoms with Crippen molar-refractivity contribution < 1.29 is 0 Å². The molecule has 1 aliphatic heterocycles. The number of fused-ring (bicyclic) bond motifs is 4. The van der Waals surface area contributed by atoms with Crippen LogP contribution in [0.2, 0.25) is 0 Å². The Labute approximate surface area is 191 Å². The third-order valence-corrected chi connectivity index (χ3v) is 7.33. The second-order valence-electron chi connectivity index (χ2n) is 9.33. The summed E-state index contributed by atoms with van der Waals surface area (Å²) in [5.41, 5.74) is 6.98. The summed E-state index contributed by atoms with van der Waals surface area (Å²) < 4.78 is 0. The summed E-state index contributed by atoms with van der Waals surface area (Å²) in [7, 11) is 0. The lowest BCUT2D eigenvalue weighted by molar-refractivity contribution is 0.385. The van der Waals surface area contributed by atoms with Gasteiger partial charge < -0.3 is 4.90 Å². The molecular formula is C31H29N. The minimum absolute atomic E-state index is 0.652. The molecule has 0 radical (unpaired) electrons. The zero-order chi connectivity index (χ0) is 21.3. The van der Waals surface area contributed by atoms with Gasteiger partial charge in [-0.2, -0.15) is 0 Å². The zero-order valence-electron chi connectivity index (χ0n) is 18.5. The second kappa shape index (κ2) is 8.31. The maximum absolute atomic E-state index is 2.69. The molecule has 2 atom stereocenters. The average Bonchev–Trinajstić information content (AvgIpc) is 3.16. The number of hydrogen-bond acceptors (Lipinski definition) is 1. The van der Waals surface area contributed by atoms with Crippen molar-refractivity contribution in [1.29, 1.82) is 0 Å². The number of benzene rings is 4. The van der Waals surface area contributed by atoms with E-state index in [9.17, 15) is 0 Å². The van der Waals surface area contributed by atoms with Crippen molar-refractivity contribution in [3.8, 4) is 0 Å². The maximum atomic E-state index is 2.69. The van der Waals surface area contributed by atoms with Crippen molar-refractivity contribution in [2.75, 3.05) is 4.90 Å². The molecule has 0 N–H and O–H groups in total. The van der Waals surface area contributed by atoms with E-state index in [0.29, 0.717) is 12.0 Å². The molecule has 2 aliphatic rings. The van der Waals surface area contributed by atoms with Crippen LogP contribution in [0.25, 0.3) is 22.9 Å². The number of nitrogens with zero attached hydrogens (tertiary/aromatic N) is 1. The molecule has 1 saturated carbocycles. The van der Waals surface area contributed by atoms with Gasteiger partial charge in [-0.1, -0.05) is 97.8 Å². The molecule has 0 saturated heterocycles. The van der Waals surface area contributed by atoms with Gasteiger partial charge in [0.2, 0.25) is 0 Å². The lowest BCUT2D eigenvalue weighted by atomic mass is 9.82. The molecule has 1 aliphatic carbocycles. The fourth-order valence-electron chi connectivity index (χ4n) is 5.75. The molecule has 4 aromatic carbocycles. The summed E-state index contributed by atoms with van der Waals surface area (Å²) in [5, 5.41) is 2.59. The molecule has 0 bridgehead atoms. The molecule has 0 spiro atoms. The van der Waals surface area contributed by atoms with E-state index in [-0.39, 0.29) is 0 Å². The standard InChI is InChI=1S/C31H29N/c1-2-8-25(9-3-1)22-32-30-13-7-6-12-28(30)29-21-24(17-19-31(29)32)15-14-23-16-18-26-10-4-5-11-27(26)20-23/h1-5,8-11,14-21,28,30H,6-7,12-13,22H2/b15-14-. The van der Waals surface area contributed by atoms with Crippen LogP contribution in [0.15, 0.2) is 91.0 Å². The Bertz CT molecular complexity index is 1270. The molecule has 1 fully saturated rings. The largest absolute Gasteiger partial charge is 0.363 e. The first-order valence-corrected chi connectivity index (χ1v) is 12.0. The highest BCUT2D eigenvalue weighted by Crippen LogP contribution is 2.48. The molecule has 158 valence electrons. The molecule has 1 heterocycles. The monoisotopic (exact) mass is 415 g/mol. The van der Waals surface area contributed by atoms with Crippen molar-refractivity contribution in [3.63, 3.8) is 0 Å². The zero-order valence-corrected chi connectivity index (χ0v) is 18.5. The number of rotatable bonds is 4. The Hall–Kier alpha value is -3.32. The van der Waals surface area contributed by atoms with Gasteiger partial charge >= 0.3 is 0 Å². The highest BCUT2D eigenvalue weighted by atomic mass is 15.2. The van der Waals surface area contributed by atoms with Gasteiger partial charge in [0.25, 0.3) is 0 Å². The first-order valence-electron chi connectivity index (χ1n) is 12.0. The Morgan fingerprint density at radius 1 is 0.688 bits per heavy atom. The third-order valence-electron chi connectivity index (χ3n) is 7.33. The molecule has 32 heavy (non-hydrogen) atoms. The van der Waals surface area contributed by atoms with Crippen molar-refractivity contribution in [3.05, 3.63) is 113 Å². The quantitative estimate of drug-likeness (QED) is 0.305. The van der Waals surface area contributed by atoms with Gasteiger partial charge in [-0.25, -0.2) is 0 Å².